The van der Waals surface area contributed by atoms with E-state index in [4.69, 9.17) is 0 Å². The van der Waals surface area contributed by atoms with Crippen LogP contribution in [-0.2, 0) is 32.0 Å². The Morgan fingerprint density at radius 1 is 0.750 bits per heavy atom. The number of aliphatic hydroxyl groups is 1. The second kappa shape index (κ2) is 11.4. The van der Waals surface area contributed by atoms with Crippen LogP contribution in [-0.4, -0.2) is 62.7 Å². The SMILES string of the molecule is CC(=O)CCCCn1c(=O)c2c(n(C)c1=O)N(N1CN(C)c3c1n(C)c(=O)n(CCCCC(C)O)c3=O)CN2C. The van der Waals surface area contributed by atoms with Crippen LogP contribution in [0.4, 0.5) is 23.0 Å². The molecule has 1 atom stereocenters. The van der Waals surface area contributed by atoms with Gasteiger partial charge < -0.3 is 19.7 Å². The molecule has 2 aromatic heterocycles. The van der Waals surface area contributed by atoms with Crippen molar-refractivity contribution in [2.24, 2.45) is 14.1 Å². The number of fused-ring (bicyclic) bond motifs is 2. The average Bonchev–Trinajstić information content (AvgIpc) is 3.41. The second-order valence-electron chi connectivity index (χ2n) is 10.9. The summed E-state index contributed by atoms with van der Waals surface area (Å²) in [4.78, 5) is 68.4. The first kappa shape index (κ1) is 29.2. The van der Waals surface area contributed by atoms with E-state index in [-0.39, 0.29) is 32.2 Å². The fourth-order valence-electron chi connectivity index (χ4n) is 5.55. The van der Waals surface area contributed by atoms with Crippen LogP contribution in [0.15, 0.2) is 19.2 Å². The fourth-order valence-corrected chi connectivity index (χ4v) is 5.55. The molecule has 4 heterocycles. The Labute approximate surface area is 231 Å². The average molecular weight is 561 g/mol. The molecule has 0 aliphatic carbocycles. The fraction of sp³-hybridized carbons (Fsp3) is 0.654. The van der Waals surface area contributed by atoms with E-state index < -0.39 is 28.6 Å². The minimum atomic E-state index is -0.471. The molecule has 1 unspecified atom stereocenters. The zero-order valence-electron chi connectivity index (χ0n) is 24.2. The summed E-state index contributed by atoms with van der Waals surface area (Å²) < 4.78 is 5.28. The third kappa shape index (κ3) is 5.07. The van der Waals surface area contributed by atoms with Crippen LogP contribution in [0.25, 0.3) is 0 Å². The quantitative estimate of drug-likeness (QED) is 0.367. The highest BCUT2D eigenvalue weighted by Crippen LogP contribution is 2.38. The number of ketones is 1. The number of aromatic nitrogens is 4. The molecular formula is C26H40N8O6. The molecule has 14 nitrogen and oxygen atoms in total. The van der Waals surface area contributed by atoms with Gasteiger partial charge >= 0.3 is 11.4 Å². The smallest absolute Gasteiger partial charge is 0.332 e. The van der Waals surface area contributed by atoms with Crippen LogP contribution in [0.3, 0.4) is 0 Å². The van der Waals surface area contributed by atoms with Gasteiger partial charge in [-0.15, -0.1) is 0 Å². The molecule has 4 rings (SSSR count). The van der Waals surface area contributed by atoms with Gasteiger partial charge in [0.1, 0.15) is 30.5 Å². The monoisotopic (exact) mass is 560 g/mol. The first-order chi connectivity index (χ1) is 18.9. The molecule has 0 aromatic carbocycles. The predicted molar refractivity (Wildman–Crippen MR) is 153 cm³/mol. The van der Waals surface area contributed by atoms with Crippen molar-refractivity contribution in [1.82, 2.24) is 18.3 Å². The van der Waals surface area contributed by atoms with Gasteiger partial charge in [0.05, 0.1) is 6.10 Å². The van der Waals surface area contributed by atoms with Crippen molar-refractivity contribution in [1.29, 1.82) is 0 Å². The standard InChI is InChI=1S/C26H40N8O6/c1-17(35)11-7-9-13-31-23(37)19-21(29(5)25(31)39)33(15-27(19)3)34-16-28(4)20-22(34)30(6)26(40)32(24(20)38)14-10-8-12-18(2)36/h17,35H,7-16H2,1-6H3. The van der Waals surface area contributed by atoms with Gasteiger partial charge in [0.25, 0.3) is 11.1 Å². The third-order valence-electron chi connectivity index (χ3n) is 7.64. The van der Waals surface area contributed by atoms with Gasteiger partial charge in [-0.05, 0) is 46.0 Å². The zero-order chi connectivity index (χ0) is 29.5. The molecule has 0 spiro atoms. The van der Waals surface area contributed by atoms with E-state index in [0.717, 1.165) is 0 Å². The number of carbonyl (C=O) groups is 1. The van der Waals surface area contributed by atoms with E-state index in [2.05, 4.69) is 0 Å². The van der Waals surface area contributed by atoms with Crippen molar-refractivity contribution in [2.75, 3.05) is 47.3 Å². The van der Waals surface area contributed by atoms with Gasteiger partial charge in [-0.1, -0.05) is 0 Å². The Balaban J connectivity index is 1.72. The van der Waals surface area contributed by atoms with Gasteiger partial charge in [0.15, 0.2) is 11.6 Å². The maximum absolute atomic E-state index is 13.5. The van der Waals surface area contributed by atoms with Crippen molar-refractivity contribution < 1.29 is 9.90 Å². The van der Waals surface area contributed by atoms with Crippen LogP contribution < -0.4 is 42.3 Å². The molecule has 0 saturated heterocycles. The number of aliphatic hydroxyl groups excluding tert-OH is 1. The van der Waals surface area contributed by atoms with Crippen LogP contribution in [0.1, 0.15) is 52.4 Å². The number of hydrogen-bond acceptors (Lipinski definition) is 10. The summed E-state index contributed by atoms with van der Waals surface area (Å²) in [5.74, 6) is 0.839. The summed E-state index contributed by atoms with van der Waals surface area (Å²) in [5, 5.41) is 13.0. The minimum absolute atomic E-state index is 0.0675. The van der Waals surface area contributed by atoms with Gasteiger partial charge in [-0.2, -0.15) is 0 Å². The Morgan fingerprint density at radius 3 is 1.57 bits per heavy atom. The topological polar surface area (TPSA) is 138 Å². The van der Waals surface area contributed by atoms with E-state index in [1.54, 1.807) is 54.9 Å². The number of rotatable bonds is 11. The van der Waals surface area contributed by atoms with Crippen LogP contribution in [0.5, 0.6) is 0 Å². The maximum atomic E-state index is 13.5. The number of unbranched alkanes of at least 4 members (excludes halogenated alkanes) is 2. The molecule has 2 aromatic rings. The van der Waals surface area contributed by atoms with Crippen molar-refractivity contribution >= 4 is 28.8 Å². The number of Topliss-reactive ketones (excluding diaryl/α,β-unsaturated/α-hetero) is 1. The lowest BCUT2D eigenvalue weighted by Gasteiger charge is -2.32. The summed E-state index contributed by atoms with van der Waals surface area (Å²) in [7, 11) is 6.73. The zero-order valence-corrected chi connectivity index (χ0v) is 24.2. The largest absolute Gasteiger partial charge is 0.393 e. The Morgan fingerprint density at radius 2 is 1.18 bits per heavy atom. The van der Waals surface area contributed by atoms with Crippen LogP contribution in [0, 0.1) is 0 Å². The summed E-state index contributed by atoms with van der Waals surface area (Å²) in [5.41, 5.74) is -1.04. The highest BCUT2D eigenvalue weighted by atomic mass is 16.3. The van der Waals surface area contributed by atoms with Crippen molar-refractivity contribution in [3.05, 3.63) is 41.7 Å². The summed E-state index contributed by atoms with van der Waals surface area (Å²) >= 11 is 0. The molecule has 0 fully saturated rings. The first-order valence-corrected chi connectivity index (χ1v) is 13.7. The predicted octanol–water partition coefficient (Wildman–Crippen LogP) is -0.240. The molecule has 2 aliphatic rings. The van der Waals surface area contributed by atoms with E-state index in [0.29, 0.717) is 61.5 Å². The summed E-state index contributed by atoms with van der Waals surface area (Å²) in [6.07, 6.45) is 2.94. The molecular weight excluding hydrogens is 520 g/mol. The third-order valence-corrected chi connectivity index (χ3v) is 7.64. The number of carbonyl (C=O) groups excluding carboxylic acids is 1. The molecule has 220 valence electrons. The Bertz CT molecular complexity index is 1530. The highest BCUT2D eigenvalue weighted by Gasteiger charge is 2.41. The molecule has 40 heavy (non-hydrogen) atoms. The summed E-state index contributed by atoms with van der Waals surface area (Å²) in [6, 6.07) is 0. The Kier molecular flexibility index (Phi) is 8.28. The number of hydrogen-bond donors (Lipinski definition) is 1. The highest BCUT2D eigenvalue weighted by molar-refractivity contribution is 5.80. The van der Waals surface area contributed by atoms with Gasteiger partial charge in [-0.25, -0.2) is 19.6 Å². The van der Waals surface area contributed by atoms with Crippen molar-refractivity contribution in [2.45, 2.75) is 71.6 Å². The number of hydrazine groups is 1. The molecule has 0 amide bonds. The van der Waals surface area contributed by atoms with Crippen molar-refractivity contribution in [3.63, 3.8) is 0 Å². The molecule has 0 radical (unpaired) electrons. The molecule has 0 saturated carbocycles. The lowest BCUT2D eigenvalue weighted by molar-refractivity contribution is -0.117. The molecule has 0 bridgehead atoms. The van der Waals surface area contributed by atoms with E-state index in [9.17, 15) is 29.1 Å². The number of nitrogens with zero attached hydrogens (tertiary/aromatic N) is 8. The first-order valence-electron chi connectivity index (χ1n) is 13.7. The maximum Gasteiger partial charge on any atom is 0.332 e. The van der Waals surface area contributed by atoms with Gasteiger partial charge in [0.2, 0.25) is 0 Å². The Hall–Kier alpha value is -3.81. The second-order valence-corrected chi connectivity index (χ2v) is 10.9. The van der Waals surface area contributed by atoms with Gasteiger partial charge in [-0.3, -0.25) is 27.9 Å². The van der Waals surface area contributed by atoms with Crippen LogP contribution in [0.2, 0.25) is 0 Å². The summed E-state index contributed by atoms with van der Waals surface area (Å²) in [6.45, 7) is 4.15. The van der Waals surface area contributed by atoms with E-state index >= 15 is 0 Å². The van der Waals surface area contributed by atoms with E-state index in [1.165, 1.54) is 25.2 Å². The van der Waals surface area contributed by atoms with Crippen molar-refractivity contribution in [3.8, 4) is 0 Å². The number of anilines is 4. The normalized spacial score (nSPS) is 15.2. The van der Waals surface area contributed by atoms with Gasteiger partial charge in [0, 0.05) is 47.7 Å². The lowest BCUT2D eigenvalue weighted by Crippen LogP contribution is -2.49. The molecule has 14 heteroatoms. The minimum Gasteiger partial charge on any atom is -0.393 e. The van der Waals surface area contributed by atoms with E-state index in [1.807, 2.05) is 0 Å². The van der Waals surface area contributed by atoms with Crippen LogP contribution >= 0.6 is 0 Å². The lowest BCUT2D eigenvalue weighted by atomic mass is 10.2. The molecule has 2 aliphatic heterocycles. The molecule has 1 N–H and O–H groups in total.